The second kappa shape index (κ2) is 3.70. The van der Waals surface area contributed by atoms with Crippen molar-refractivity contribution in [3.8, 4) is 0 Å². The van der Waals surface area contributed by atoms with Gasteiger partial charge in [0.15, 0.2) is 0 Å². The quantitative estimate of drug-likeness (QED) is 0.758. The first-order valence-corrected chi connectivity index (χ1v) is 5.18. The molecule has 0 amide bonds. The largest absolute Gasteiger partial charge is 0.247 e. The van der Waals surface area contributed by atoms with Crippen molar-refractivity contribution >= 4 is 11.9 Å². The van der Waals surface area contributed by atoms with Crippen LogP contribution in [0, 0.1) is 0 Å². The van der Waals surface area contributed by atoms with Crippen LogP contribution in [0.2, 0.25) is 0 Å². The standard InChI is InChI=1S/C13H11N3/c1-2-7-12(8-3-1)16-10-11-6-4-5-9-13(11)14-15-16/h1-10,15H. The molecular formula is C13H11N3. The first-order chi connectivity index (χ1) is 7.93. The number of hydrogen-bond acceptors (Lipinski definition) is 3. The third-order valence-corrected chi connectivity index (χ3v) is 2.52. The van der Waals surface area contributed by atoms with Crippen LogP contribution in [0.1, 0.15) is 0 Å². The molecule has 78 valence electrons. The monoisotopic (exact) mass is 209 g/mol. The Morgan fingerprint density at radius 3 is 2.50 bits per heavy atom. The first kappa shape index (κ1) is 8.97. The Kier molecular flexibility index (Phi) is 2.07. The Labute approximate surface area is 93.3 Å². The van der Waals surface area contributed by atoms with Gasteiger partial charge in [0, 0.05) is 11.4 Å². The van der Waals surface area contributed by atoms with Gasteiger partial charge in [0.25, 0.3) is 0 Å². The van der Waals surface area contributed by atoms with Crippen molar-refractivity contribution in [1.82, 2.24) is 5.53 Å². The van der Waals surface area contributed by atoms with Crippen LogP contribution in [-0.2, 0) is 0 Å². The van der Waals surface area contributed by atoms with E-state index in [0.29, 0.717) is 0 Å². The lowest BCUT2D eigenvalue weighted by Crippen LogP contribution is -2.42. The highest BCUT2D eigenvalue weighted by atomic mass is 15.7. The molecule has 0 fully saturated rings. The molecule has 2 aromatic rings. The Bertz CT molecular complexity index is 605. The summed E-state index contributed by atoms with van der Waals surface area (Å²) < 4.78 is 0. The van der Waals surface area contributed by atoms with Crippen molar-refractivity contribution < 1.29 is 0 Å². The Balaban J connectivity index is 2.08. The molecule has 0 saturated heterocycles. The smallest absolute Gasteiger partial charge is 0.0937 e. The Hall–Kier alpha value is -2.29. The molecule has 0 radical (unpaired) electrons. The number of para-hydroxylation sites is 2. The number of hydrogen-bond donors (Lipinski definition) is 1. The molecule has 16 heavy (non-hydrogen) atoms. The van der Waals surface area contributed by atoms with Crippen molar-refractivity contribution in [2.24, 2.45) is 5.10 Å². The predicted molar refractivity (Wildman–Crippen MR) is 63.7 cm³/mol. The van der Waals surface area contributed by atoms with E-state index in [4.69, 9.17) is 0 Å². The molecule has 1 aliphatic rings. The van der Waals surface area contributed by atoms with Crippen LogP contribution in [-0.4, -0.2) is 0 Å². The van der Waals surface area contributed by atoms with Gasteiger partial charge in [-0.1, -0.05) is 36.4 Å². The van der Waals surface area contributed by atoms with E-state index in [1.165, 1.54) is 0 Å². The number of hydrazine groups is 1. The molecule has 0 aliphatic carbocycles. The molecule has 0 spiro atoms. The third-order valence-electron chi connectivity index (χ3n) is 2.52. The maximum atomic E-state index is 4.30. The molecule has 1 aliphatic heterocycles. The molecule has 0 bridgehead atoms. The van der Waals surface area contributed by atoms with Gasteiger partial charge in [0.2, 0.25) is 0 Å². The second-order valence-electron chi connectivity index (χ2n) is 3.61. The van der Waals surface area contributed by atoms with E-state index >= 15 is 0 Å². The highest BCUT2D eigenvalue weighted by molar-refractivity contribution is 5.57. The van der Waals surface area contributed by atoms with Crippen LogP contribution in [0.5, 0.6) is 0 Å². The number of fused-ring (bicyclic) bond motifs is 1. The van der Waals surface area contributed by atoms with Crippen LogP contribution in [0.4, 0.5) is 5.69 Å². The summed E-state index contributed by atoms with van der Waals surface area (Å²) in [5, 5.41) is 8.28. The van der Waals surface area contributed by atoms with Crippen molar-refractivity contribution in [2.75, 3.05) is 5.01 Å². The maximum absolute atomic E-state index is 4.30. The fourth-order valence-corrected chi connectivity index (χ4v) is 1.70. The summed E-state index contributed by atoms with van der Waals surface area (Å²) in [6.45, 7) is 0. The average molecular weight is 209 g/mol. The molecule has 3 rings (SSSR count). The highest BCUT2D eigenvalue weighted by Gasteiger charge is 2.04. The van der Waals surface area contributed by atoms with E-state index < -0.39 is 0 Å². The molecule has 0 saturated carbocycles. The van der Waals surface area contributed by atoms with Crippen molar-refractivity contribution in [2.45, 2.75) is 0 Å². The molecule has 1 heterocycles. The summed E-state index contributed by atoms with van der Waals surface area (Å²) in [5.41, 5.74) is 4.06. The van der Waals surface area contributed by atoms with Gasteiger partial charge in [-0.25, -0.2) is 10.5 Å². The number of benzene rings is 2. The minimum Gasteiger partial charge on any atom is -0.247 e. The first-order valence-electron chi connectivity index (χ1n) is 5.18. The molecule has 0 unspecified atom stereocenters. The maximum Gasteiger partial charge on any atom is 0.0937 e. The topological polar surface area (TPSA) is 27.6 Å². The van der Waals surface area contributed by atoms with Gasteiger partial charge in [0.05, 0.1) is 11.0 Å². The number of rotatable bonds is 1. The normalized spacial score (nSPS) is 13.1. The van der Waals surface area contributed by atoms with Crippen molar-refractivity contribution in [3.05, 3.63) is 65.2 Å². The van der Waals surface area contributed by atoms with E-state index in [1.54, 1.807) is 0 Å². The summed E-state index contributed by atoms with van der Waals surface area (Å²) in [6.07, 6.45) is 2.04. The van der Waals surface area contributed by atoms with Crippen LogP contribution < -0.4 is 21.1 Å². The molecule has 3 nitrogen and oxygen atoms in total. The number of anilines is 1. The molecular weight excluding hydrogens is 198 g/mol. The predicted octanol–water partition coefficient (Wildman–Crippen LogP) is 0.984. The fraction of sp³-hybridized carbons (Fsp3) is 0. The lowest BCUT2D eigenvalue weighted by atomic mass is 10.2. The zero-order valence-corrected chi connectivity index (χ0v) is 8.67. The zero-order chi connectivity index (χ0) is 10.8. The third kappa shape index (κ3) is 1.52. The average Bonchev–Trinajstić information content (AvgIpc) is 2.39. The van der Waals surface area contributed by atoms with Gasteiger partial charge in [-0.05, 0) is 18.2 Å². The molecule has 0 atom stereocenters. The van der Waals surface area contributed by atoms with E-state index in [9.17, 15) is 0 Å². The Morgan fingerprint density at radius 2 is 1.62 bits per heavy atom. The highest BCUT2D eigenvalue weighted by Crippen LogP contribution is 2.11. The van der Waals surface area contributed by atoms with Gasteiger partial charge >= 0.3 is 0 Å². The van der Waals surface area contributed by atoms with Gasteiger partial charge in [0.1, 0.15) is 0 Å². The molecule has 1 N–H and O–H groups in total. The fourth-order valence-electron chi connectivity index (χ4n) is 1.70. The summed E-state index contributed by atoms with van der Waals surface area (Å²) in [4.78, 5) is 0. The van der Waals surface area contributed by atoms with E-state index in [0.717, 1.165) is 16.3 Å². The lowest BCUT2D eigenvalue weighted by Gasteiger charge is -2.21. The SMILES string of the molecule is C1=c2ccccc2=NNN1c1ccccc1. The van der Waals surface area contributed by atoms with E-state index in [2.05, 4.69) is 16.7 Å². The van der Waals surface area contributed by atoms with Crippen LogP contribution >= 0.6 is 0 Å². The second-order valence-corrected chi connectivity index (χ2v) is 3.61. The summed E-state index contributed by atoms with van der Waals surface area (Å²) in [6, 6.07) is 18.1. The van der Waals surface area contributed by atoms with Gasteiger partial charge < -0.3 is 0 Å². The lowest BCUT2D eigenvalue weighted by molar-refractivity contribution is 0.731. The minimum absolute atomic E-state index is 0.967. The van der Waals surface area contributed by atoms with E-state index in [-0.39, 0.29) is 0 Å². The Morgan fingerprint density at radius 1 is 0.875 bits per heavy atom. The molecule has 0 aromatic heterocycles. The molecule has 3 heteroatoms. The molecule has 2 aromatic carbocycles. The summed E-state index contributed by atoms with van der Waals surface area (Å²) in [7, 11) is 0. The summed E-state index contributed by atoms with van der Waals surface area (Å²) in [5.74, 6) is 0. The van der Waals surface area contributed by atoms with Gasteiger partial charge in [-0.15, -0.1) is 0 Å². The van der Waals surface area contributed by atoms with Crippen molar-refractivity contribution in [1.29, 1.82) is 0 Å². The summed E-state index contributed by atoms with van der Waals surface area (Å²) >= 11 is 0. The van der Waals surface area contributed by atoms with Crippen LogP contribution in [0.15, 0.2) is 59.7 Å². The van der Waals surface area contributed by atoms with Crippen LogP contribution in [0.25, 0.3) is 6.20 Å². The number of nitrogens with zero attached hydrogens (tertiary/aromatic N) is 2. The zero-order valence-electron chi connectivity index (χ0n) is 8.67. The minimum atomic E-state index is 0.967. The van der Waals surface area contributed by atoms with E-state index in [1.807, 2.05) is 59.7 Å². The number of nitrogens with one attached hydrogen (secondary N) is 1. The van der Waals surface area contributed by atoms with Crippen molar-refractivity contribution in [3.63, 3.8) is 0 Å². The van der Waals surface area contributed by atoms with Gasteiger partial charge in [-0.2, -0.15) is 5.10 Å². The van der Waals surface area contributed by atoms with Crippen LogP contribution in [0.3, 0.4) is 0 Å². The van der Waals surface area contributed by atoms with Gasteiger partial charge in [-0.3, -0.25) is 0 Å².